The van der Waals surface area contributed by atoms with Crippen molar-refractivity contribution in [2.75, 3.05) is 5.32 Å². The average molecular weight is 304 g/mol. The van der Waals surface area contributed by atoms with E-state index >= 15 is 0 Å². The molecule has 0 saturated heterocycles. The van der Waals surface area contributed by atoms with Crippen molar-refractivity contribution < 1.29 is 18.4 Å². The summed E-state index contributed by atoms with van der Waals surface area (Å²) in [6.07, 6.45) is 0. The zero-order valence-electron chi connectivity index (χ0n) is 11.8. The number of amides is 2. The number of halogens is 2. The largest absolute Gasteiger partial charge is 0.341 e. The van der Waals surface area contributed by atoms with Crippen LogP contribution in [0.1, 0.15) is 17.3 Å². The lowest BCUT2D eigenvalue weighted by atomic mass is 10.2. The Balaban J connectivity index is 2.02. The highest BCUT2D eigenvalue weighted by Gasteiger charge is 2.19. The van der Waals surface area contributed by atoms with E-state index in [1.165, 1.54) is 13.0 Å². The average Bonchev–Trinajstić information content (AvgIpc) is 2.51. The Kier molecular flexibility index (Phi) is 4.83. The van der Waals surface area contributed by atoms with Gasteiger partial charge in [-0.15, -0.1) is 0 Å². The molecule has 0 spiro atoms. The second-order valence-electron chi connectivity index (χ2n) is 4.65. The Bertz CT molecular complexity index is 670. The molecule has 0 aromatic heterocycles. The van der Waals surface area contributed by atoms with Crippen molar-refractivity contribution in [2.24, 2.45) is 0 Å². The number of carbonyl (C=O) groups is 2. The number of hydrogen-bond acceptors (Lipinski definition) is 2. The van der Waals surface area contributed by atoms with E-state index in [2.05, 4.69) is 10.6 Å². The zero-order chi connectivity index (χ0) is 16.1. The van der Waals surface area contributed by atoms with E-state index in [0.29, 0.717) is 5.56 Å². The summed E-state index contributed by atoms with van der Waals surface area (Å²) in [6.45, 7) is 1.43. The van der Waals surface area contributed by atoms with E-state index in [0.717, 1.165) is 12.1 Å². The summed E-state index contributed by atoms with van der Waals surface area (Å²) in [6, 6.07) is 10.6. The predicted octanol–water partition coefficient (Wildman–Crippen LogP) is 2.72. The molecule has 2 amide bonds. The van der Waals surface area contributed by atoms with Crippen molar-refractivity contribution in [3.05, 3.63) is 65.7 Å². The van der Waals surface area contributed by atoms with Gasteiger partial charge >= 0.3 is 0 Å². The number of para-hydroxylation sites is 1. The second-order valence-corrected chi connectivity index (χ2v) is 4.65. The first kappa shape index (κ1) is 15.6. The smallest absolute Gasteiger partial charge is 0.251 e. The van der Waals surface area contributed by atoms with Gasteiger partial charge in [0.25, 0.3) is 5.91 Å². The molecule has 0 unspecified atom stereocenters. The summed E-state index contributed by atoms with van der Waals surface area (Å²) in [5.41, 5.74) is -0.146. The maximum atomic E-state index is 13.5. The molecule has 0 aliphatic heterocycles. The normalized spacial score (nSPS) is 11.6. The van der Waals surface area contributed by atoms with Gasteiger partial charge < -0.3 is 10.6 Å². The molecule has 114 valence electrons. The number of anilines is 1. The maximum absolute atomic E-state index is 13.5. The number of hydrogen-bond donors (Lipinski definition) is 2. The third-order valence-electron chi connectivity index (χ3n) is 2.99. The van der Waals surface area contributed by atoms with Gasteiger partial charge in [0, 0.05) is 5.56 Å². The lowest BCUT2D eigenvalue weighted by molar-refractivity contribution is -0.117. The van der Waals surface area contributed by atoms with Gasteiger partial charge in [-0.2, -0.15) is 0 Å². The highest BCUT2D eigenvalue weighted by molar-refractivity contribution is 6.01. The fourth-order valence-electron chi connectivity index (χ4n) is 1.78. The van der Waals surface area contributed by atoms with Crippen LogP contribution in [-0.2, 0) is 4.79 Å². The molecular formula is C16H14F2N2O2. The van der Waals surface area contributed by atoms with E-state index in [1.807, 2.05) is 0 Å². The van der Waals surface area contributed by atoms with Gasteiger partial charge in [0.05, 0.1) is 0 Å². The molecule has 2 aromatic carbocycles. The highest BCUT2D eigenvalue weighted by atomic mass is 19.1. The van der Waals surface area contributed by atoms with Crippen LogP contribution in [0.4, 0.5) is 14.5 Å². The van der Waals surface area contributed by atoms with Gasteiger partial charge in [-0.05, 0) is 31.2 Å². The van der Waals surface area contributed by atoms with E-state index in [4.69, 9.17) is 0 Å². The number of rotatable bonds is 4. The quantitative estimate of drug-likeness (QED) is 0.912. The fourth-order valence-corrected chi connectivity index (χ4v) is 1.78. The van der Waals surface area contributed by atoms with Gasteiger partial charge in [-0.3, -0.25) is 9.59 Å². The highest BCUT2D eigenvalue weighted by Crippen LogP contribution is 2.18. The topological polar surface area (TPSA) is 58.2 Å². The molecule has 6 heteroatoms. The lowest BCUT2D eigenvalue weighted by Crippen LogP contribution is -2.41. The molecule has 0 aliphatic carbocycles. The van der Waals surface area contributed by atoms with Crippen molar-refractivity contribution >= 4 is 17.5 Å². The second kappa shape index (κ2) is 6.80. The molecule has 1 atom stereocenters. The van der Waals surface area contributed by atoms with Crippen molar-refractivity contribution in [1.82, 2.24) is 5.32 Å². The van der Waals surface area contributed by atoms with Gasteiger partial charge in [-0.1, -0.05) is 24.3 Å². The van der Waals surface area contributed by atoms with Crippen LogP contribution < -0.4 is 10.6 Å². The van der Waals surface area contributed by atoms with Gasteiger partial charge in [0.1, 0.15) is 23.4 Å². The first-order chi connectivity index (χ1) is 10.5. The molecule has 22 heavy (non-hydrogen) atoms. The molecule has 0 heterocycles. The molecule has 0 aliphatic rings. The molecule has 2 aromatic rings. The van der Waals surface area contributed by atoms with Crippen LogP contribution >= 0.6 is 0 Å². The zero-order valence-corrected chi connectivity index (χ0v) is 11.8. The molecule has 4 nitrogen and oxygen atoms in total. The Morgan fingerprint density at radius 2 is 1.55 bits per heavy atom. The molecule has 0 fully saturated rings. The van der Waals surface area contributed by atoms with Crippen LogP contribution in [0.5, 0.6) is 0 Å². The summed E-state index contributed by atoms with van der Waals surface area (Å²) >= 11 is 0. The van der Waals surface area contributed by atoms with E-state index < -0.39 is 35.2 Å². The first-order valence-corrected chi connectivity index (χ1v) is 6.60. The van der Waals surface area contributed by atoms with E-state index in [-0.39, 0.29) is 0 Å². The number of carbonyl (C=O) groups excluding carboxylic acids is 2. The van der Waals surface area contributed by atoms with Gasteiger partial charge in [0.2, 0.25) is 5.91 Å². The fraction of sp³-hybridized carbons (Fsp3) is 0.125. The molecule has 2 N–H and O–H groups in total. The number of benzene rings is 2. The van der Waals surface area contributed by atoms with Gasteiger partial charge in [0.15, 0.2) is 0 Å². The third-order valence-corrected chi connectivity index (χ3v) is 2.99. The number of nitrogens with one attached hydrogen (secondary N) is 2. The summed E-state index contributed by atoms with van der Waals surface area (Å²) in [7, 11) is 0. The predicted molar refractivity (Wildman–Crippen MR) is 78.4 cm³/mol. The van der Waals surface area contributed by atoms with Gasteiger partial charge in [-0.25, -0.2) is 8.78 Å². The molecule has 0 bridgehead atoms. The van der Waals surface area contributed by atoms with Crippen LogP contribution in [0.3, 0.4) is 0 Å². The summed E-state index contributed by atoms with van der Waals surface area (Å²) in [5.74, 6) is -2.92. The minimum Gasteiger partial charge on any atom is -0.341 e. The Morgan fingerprint density at radius 1 is 0.955 bits per heavy atom. The summed E-state index contributed by atoms with van der Waals surface area (Å²) in [4.78, 5) is 23.8. The van der Waals surface area contributed by atoms with Crippen molar-refractivity contribution in [1.29, 1.82) is 0 Å². The van der Waals surface area contributed by atoms with Crippen molar-refractivity contribution in [2.45, 2.75) is 13.0 Å². The van der Waals surface area contributed by atoms with E-state index in [1.54, 1.807) is 30.3 Å². The SMILES string of the molecule is C[C@H](NC(=O)c1ccccc1)C(=O)Nc1c(F)cccc1F. The molecule has 0 radical (unpaired) electrons. The van der Waals surface area contributed by atoms with Crippen molar-refractivity contribution in [3.8, 4) is 0 Å². The minimum absolute atomic E-state index is 0.388. The first-order valence-electron chi connectivity index (χ1n) is 6.60. The summed E-state index contributed by atoms with van der Waals surface area (Å²) in [5, 5.41) is 4.59. The summed E-state index contributed by atoms with van der Waals surface area (Å²) < 4.78 is 26.9. The van der Waals surface area contributed by atoms with Crippen LogP contribution in [0.2, 0.25) is 0 Å². The monoisotopic (exact) mass is 304 g/mol. The van der Waals surface area contributed by atoms with Crippen molar-refractivity contribution in [3.63, 3.8) is 0 Å². The van der Waals surface area contributed by atoms with Crippen LogP contribution in [0.15, 0.2) is 48.5 Å². The van der Waals surface area contributed by atoms with Crippen LogP contribution in [0.25, 0.3) is 0 Å². The molecule has 0 saturated carbocycles. The minimum atomic E-state index is -0.952. The Morgan fingerprint density at radius 3 is 2.14 bits per heavy atom. The molecule has 2 rings (SSSR count). The Hall–Kier alpha value is -2.76. The maximum Gasteiger partial charge on any atom is 0.251 e. The molecular weight excluding hydrogens is 290 g/mol. The van der Waals surface area contributed by atoms with Crippen LogP contribution in [0, 0.1) is 11.6 Å². The lowest BCUT2D eigenvalue weighted by Gasteiger charge is -2.15. The standard InChI is InChI=1S/C16H14F2N2O2/c1-10(19-16(22)11-6-3-2-4-7-11)15(21)20-14-12(17)8-5-9-13(14)18/h2-10H,1H3,(H,19,22)(H,20,21)/t10-/m0/s1. The van der Waals surface area contributed by atoms with Crippen LogP contribution in [-0.4, -0.2) is 17.9 Å². The van der Waals surface area contributed by atoms with E-state index in [9.17, 15) is 18.4 Å². The third kappa shape index (κ3) is 3.66. The Labute approximate surface area is 126 Å².